The number of rotatable bonds is 5. The molecule has 0 unspecified atom stereocenters. The van der Waals surface area contributed by atoms with Gasteiger partial charge in [0.1, 0.15) is 5.65 Å². The molecule has 1 aromatic carbocycles. The standard InChI is InChI=1S/C21H24N4O/c1-16-7-6-12-25-15-18(23-21(16)25)13-20(26)22-14-17-8-2-3-9-19(17)24-10-4-5-11-24/h2-3,6-9,12,15H,4-5,10-11,13-14H2,1H3,(H,22,26). The van der Waals surface area contributed by atoms with E-state index >= 15 is 0 Å². The van der Waals surface area contributed by atoms with Crippen LogP contribution in [0.3, 0.4) is 0 Å². The largest absolute Gasteiger partial charge is 0.371 e. The molecular formula is C21H24N4O. The maximum atomic E-state index is 12.4. The Bertz CT molecular complexity index is 925. The lowest BCUT2D eigenvalue weighted by Crippen LogP contribution is -2.26. The number of hydrogen-bond acceptors (Lipinski definition) is 3. The molecule has 1 N–H and O–H groups in total. The minimum absolute atomic E-state index is 0.00211. The van der Waals surface area contributed by atoms with Crippen LogP contribution in [0.5, 0.6) is 0 Å². The average Bonchev–Trinajstić information content (AvgIpc) is 3.30. The topological polar surface area (TPSA) is 49.6 Å². The molecule has 4 rings (SSSR count). The van der Waals surface area contributed by atoms with E-state index in [0.29, 0.717) is 13.0 Å². The van der Waals surface area contributed by atoms with Gasteiger partial charge in [0.2, 0.25) is 5.91 Å². The second-order valence-electron chi connectivity index (χ2n) is 6.93. The number of carbonyl (C=O) groups is 1. The molecule has 1 amide bonds. The molecule has 26 heavy (non-hydrogen) atoms. The Balaban J connectivity index is 1.42. The molecular weight excluding hydrogens is 324 g/mol. The number of aryl methyl sites for hydroxylation is 1. The van der Waals surface area contributed by atoms with Gasteiger partial charge in [0.25, 0.3) is 0 Å². The Labute approximate surface area is 153 Å². The number of carbonyl (C=O) groups excluding carboxylic acids is 1. The fourth-order valence-corrected chi connectivity index (χ4v) is 3.64. The van der Waals surface area contributed by atoms with E-state index in [-0.39, 0.29) is 5.91 Å². The number of hydrogen-bond donors (Lipinski definition) is 1. The zero-order valence-electron chi connectivity index (χ0n) is 15.1. The first-order valence-corrected chi connectivity index (χ1v) is 9.23. The highest BCUT2D eigenvalue weighted by molar-refractivity contribution is 5.78. The summed E-state index contributed by atoms with van der Waals surface area (Å²) in [7, 11) is 0. The molecule has 0 atom stereocenters. The number of aromatic nitrogens is 2. The van der Waals surface area contributed by atoms with Gasteiger partial charge in [-0.25, -0.2) is 4.98 Å². The van der Waals surface area contributed by atoms with Crippen LogP contribution in [-0.2, 0) is 17.8 Å². The first kappa shape index (κ1) is 16.6. The third-order valence-electron chi connectivity index (χ3n) is 4.98. The van der Waals surface area contributed by atoms with Crippen LogP contribution in [0.25, 0.3) is 5.65 Å². The summed E-state index contributed by atoms with van der Waals surface area (Å²) in [6.07, 6.45) is 6.68. The quantitative estimate of drug-likeness (QED) is 0.771. The molecule has 134 valence electrons. The van der Waals surface area contributed by atoms with Crippen LogP contribution in [0, 0.1) is 6.92 Å². The number of benzene rings is 1. The van der Waals surface area contributed by atoms with E-state index in [1.165, 1.54) is 24.1 Å². The summed E-state index contributed by atoms with van der Waals surface area (Å²) in [6.45, 7) is 4.79. The molecule has 1 aliphatic rings. The smallest absolute Gasteiger partial charge is 0.226 e. The number of anilines is 1. The van der Waals surface area contributed by atoms with Crippen molar-refractivity contribution in [1.82, 2.24) is 14.7 Å². The molecule has 5 nitrogen and oxygen atoms in total. The van der Waals surface area contributed by atoms with E-state index in [1.807, 2.05) is 41.9 Å². The molecule has 3 aromatic rings. The van der Waals surface area contributed by atoms with Crippen molar-refractivity contribution in [1.29, 1.82) is 0 Å². The number of para-hydroxylation sites is 1. The second kappa shape index (κ2) is 7.20. The zero-order chi connectivity index (χ0) is 17.9. The lowest BCUT2D eigenvalue weighted by atomic mass is 10.1. The van der Waals surface area contributed by atoms with Crippen molar-refractivity contribution in [2.75, 3.05) is 18.0 Å². The van der Waals surface area contributed by atoms with Crippen LogP contribution >= 0.6 is 0 Å². The molecule has 3 heterocycles. The van der Waals surface area contributed by atoms with Crippen molar-refractivity contribution in [3.8, 4) is 0 Å². The van der Waals surface area contributed by atoms with Gasteiger partial charge in [-0.2, -0.15) is 0 Å². The minimum Gasteiger partial charge on any atom is -0.371 e. The van der Waals surface area contributed by atoms with E-state index in [1.54, 1.807) is 0 Å². The first-order chi connectivity index (χ1) is 12.7. The van der Waals surface area contributed by atoms with Crippen molar-refractivity contribution in [2.24, 2.45) is 0 Å². The van der Waals surface area contributed by atoms with Crippen LogP contribution in [0.4, 0.5) is 5.69 Å². The fourth-order valence-electron chi connectivity index (χ4n) is 3.64. The van der Waals surface area contributed by atoms with Gasteiger partial charge in [-0.05, 0) is 43.0 Å². The summed E-state index contributed by atoms with van der Waals surface area (Å²) in [5.74, 6) is 0.00211. The van der Waals surface area contributed by atoms with Crippen LogP contribution in [0.2, 0.25) is 0 Å². The molecule has 2 aromatic heterocycles. The van der Waals surface area contributed by atoms with Gasteiger partial charge in [-0.15, -0.1) is 0 Å². The highest BCUT2D eigenvalue weighted by Gasteiger charge is 2.16. The van der Waals surface area contributed by atoms with Crippen molar-refractivity contribution >= 4 is 17.2 Å². The number of pyridine rings is 1. The Hall–Kier alpha value is -2.82. The highest BCUT2D eigenvalue weighted by Crippen LogP contribution is 2.24. The molecule has 1 fully saturated rings. The number of nitrogens with zero attached hydrogens (tertiary/aromatic N) is 3. The van der Waals surface area contributed by atoms with E-state index in [4.69, 9.17) is 0 Å². The summed E-state index contributed by atoms with van der Waals surface area (Å²) in [5.41, 5.74) is 5.24. The summed E-state index contributed by atoms with van der Waals surface area (Å²) < 4.78 is 1.97. The fraction of sp³-hybridized carbons (Fsp3) is 0.333. The van der Waals surface area contributed by atoms with Crippen LogP contribution in [-0.4, -0.2) is 28.4 Å². The lowest BCUT2D eigenvalue weighted by Gasteiger charge is -2.21. The van der Waals surface area contributed by atoms with E-state index < -0.39 is 0 Å². The van der Waals surface area contributed by atoms with E-state index in [0.717, 1.165) is 30.0 Å². The molecule has 0 aliphatic carbocycles. The molecule has 0 spiro atoms. The molecule has 5 heteroatoms. The van der Waals surface area contributed by atoms with Crippen LogP contribution in [0.15, 0.2) is 48.8 Å². The van der Waals surface area contributed by atoms with E-state index in [9.17, 15) is 4.79 Å². The number of amides is 1. The maximum Gasteiger partial charge on any atom is 0.226 e. The third kappa shape index (κ3) is 3.43. The van der Waals surface area contributed by atoms with Crippen LogP contribution < -0.4 is 10.2 Å². The molecule has 0 bridgehead atoms. The molecule has 1 saturated heterocycles. The average molecular weight is 348 g/mol. The van der Waals surface area contributed by atoms with Gasteiger partial charge in [0.15, 0.2) is 0 Å². The second-order valence-corrected chi connectivity index (χ2v) is 6.93. The Kier molecular flexibility index (Phi) is 4.61. The van der Waals surface area contributed by atoms with Crippen molar-refractivity contribution < 1.29 is 4.79 Å². The van der Waals surface area contributed by atoms with Gasteiger partial charge in [0, 0.05) is 37.7 Å². The summed E-state index contributed by atoms with van der Waals surface area (Å²) in [6, 6.07) is 12.4. The third-order valence-corrected chi connectivity index (χ3v) is 4.98. The van der Waals surface area contributed by atoms with Gasteiger partial charge < -0.3 is 14.6 Å². The van der Waals surface area contributed by atoms with Gasteiger partial charge in [-0.1, -0.05) is 24.3 Å². The van der Waals surface area contributed by atoms with Crippen LogP contribution in [0.1, 0.15) is 29.7 Å². The van der Waals surface area contributed by atoms with Crippen molar-refractivity contribution in [3.63, 3.8) is 0 Å². The Morgan fingerprint density at radius 2 is 1.96 bits per heavy atom. The van der Waals surface area contributed by atoms with Gasteiger partial charge in [-0.3, -0.25) is 4.79 Å². The first-order valence-electron chi connectivity index (χ1n) is 9.23. The van der Waals surface area contributed by atoms with Crippen molar-refractivity contribution in [2.45, 2.75) is 32.7 Å². The number of fused-ring (bicyclic) bond motifs is 1. The predicted molar refractivity (Wildman–Crippen MR) is 103 cm³/mol. The Morgan fingerprint density at radius 3 is 2.77 bits per heavy atom. The number of nitrogens with one attached hydrogen (secondary N) is 1. The predicted octanol–water partition coefficient (Wildman–Crippen LogP) is 3.10. The summed E-state index contributed by atoms with van der Waals surface area (Å²) in [5, 5.41) is 3.06. The Morgan fingerprint density at radius 1 is 1.15 bits per heavy atom. The SMILES string of the molecule is Cc1cccn2cc(CC(=O)NCc3ccccc3N3CCCC3)nc12. The van der Waals surface area contributed by atoms with Gasteiger partial charge >= 0.3 is 0 Å². The summed E-state index contributed by atoms with van der Waals surface area (Å²) >= 11 is 0. The van der Waals surface area contributed by atoms with Crippen molar-refractivity contribution in [3.05, 3.63) is 65.6 Å². The minimum atomic E-state index is 0.00211. The molecule has 1 aliphatic heterocycles. The molecule has 0 radical (unpaired) electrons. The van der Waals surface area contributed by atoms with E-state index in [2.05, 4.69) is 33.4 Å². The monoisotopic (exact) mass is 348 g/mol. The zero-order valence-corrected chi connectivity index (χ0v) is 15.1. The van der Waals surface area contributed by atoms with Gasteiger partial charge in [0.05, 0.1) is 12.1 Å². The number of imidazole rings is 1. The lowest BCUT2D eigenvalue weighted by molar-refractivity contribution is -0.120. The maximum absolute atomic E-state index is 12.4. The normalized spacial score (nSPS) is 14.1. The highest BCUT2D eigenvalue weighted by atomic mass is 16.1. The molecule has 0 saturated carbocycles. The summed E-state index contributed by atoms with van der Waals surface area (Å²) in [4.78, 5) is 19.4.